The topological polar surface area (TPSA) is 82.2 Å². The molecule has 3 rings (SSSR count). The SMILES string of the molecule is N=C/C(=C\N)c1ccc(N2CCC3(CCNCC3)C2=O)cc1. The van der Waals surface area contributed by atoms with E-state index < -0.39 is 0 Å². The Hall–Kier alpha value is -2.14. The lowest BCUT2D eigenvalue weighted by atomic mass is 9.78. The minimum Gasteiger partial charge on any atom is -0.404 e. The van der Waals surface area contributed by atoms with Crippen molar-refractivity contribution in [2.45, 2.75) is 19.3 Å². The highest BCUT2D eigenvalue weighted by atomic mass is 16.2. The van der Waals surface area contributed by atoms with Crippen molar-refractivity contribution in [1.29, 1.82) is 5.41 Å². The molecule has 0 radical (unpaired) electrons. The number of hydrogen-bond acceptors (Lipinski definition) is 4. The number of carbonyl (C=O) groups is 1. The molecule has 0 unspecified atom stereocenters. The lowest BCUT2D eigenvalue weighted by Gasteiger charge is -2.32. The molecule has 0 aliphatic carbocycles. The summed E-state index contributed by atoms with van der Waals surface area (Å²) in [6.45, 7) is 2.66. The van der Waals surface area contributed by atoms with E-state index in [9.17, 15) is 4.79 Å². The number of nitrogens with one attached hydrogen (secondary N) is 2. The highest BCUT2D eigenvalue weighted by molar-refractivity contribution is 6.08. The van der Waals surface area contributed by atoms with E-state index in [0.29, 0.717) is 5.57 Å². The third kappa shape index (κ3) is 2.41. The molecule has 1 amide bonds. The maximum absolute atomic E-state index is 12.8. The molecule has 2 heterocycles. The number of anilines is 1. The summed E-state index contributed by atoms with van der Waals surface area (Å²) in [5, 5.41) is 10.7. The summed E-state index contributed by atoms with van der Waals surface area (Å²) in [5.41, 5.74) is 7.86. The Labute approximate surface area is 130 Å². The van der Waals surface area contributed by atoms with Gasteiger partial charge in [0.05, 0.1) is 5.41 Å². The van der Waals surface area contributed by atoms with E-state index in [-0.39, 0.29) is 11.3 Å². The second kappa shape index (κ2) is 5.93. The molecule has 2 aliphatic heterocycles. The lowest BCUT2D eigenvalue weighted by Crippen LogP contribution is -2.42. The van der Waals surface area contributed by atoms with Crippen LogP contribution >= 0.6 is 0 Å². The van der Waals surface area contributed by atoms with Gasteiger partial charge in [0.25, 0.3) is 0 Å². The van der Waals surface area contributed by atoms with Gasteiger partial charge in [0, 0.05) is 30.2 Å². The molecule has 2 saturated heterocycles. The van der Waals surface area contributed by atoms with Gasteiger partial charge in [-0.25, -0.2) is 0 Å². The maximum atomic E-state index is 12.8. The molecular weight excluding hydrogens is 276 g/mol. The van der Waals surface area contributed by atoms with Crippen LogP contribution in [-0.2, 0) is 4.79 Å². The highest BCUT2D eigenvalue weighted by Crippen LogP contribution is 2.41. The second-order valence-corrected chi connectivity index (χ2v) is 6.05. The summed E-state index contributed by atoms with van der Waals surface area (Å²) in [4.78, 5) is 14.8. The molecule has 1 spiro atoms. The fourth-order valence-corrected chi connectivity index (χ4v) is 3.50. The smallest absolute Gasteiger partial charge is 0.233 e. The second-order valence-electron chi connectivity index (χ2n) is 6.05. The fraction of sp³-hybridized carbons (Fsp3) is 0.412. The Morgan fingerprint density at radius 2 is 1.91 bits per heavy atom. The van der Waals surface area contributed by atoms with Crippen molar-refractivity contribution < 1.29 is 4.79 Å². The van der Waals surface area contributed by atoms with Gasteiger partial charge in [-0.2, -0.15) is 0 Å². The van der Waals surface area contributed by atoms with Crippen LogP contribution in [0.2, 0.25) is 0 Å². The van der Waals surface area contributed by atoms with Crippen molar-refractivity contribution in [3.8, 4) is 0 Å². The lowest BCUT2D eigenvalue weighted by molar-refractivity contribution is -0.126. The van der Waals surface area contributed by atoms with Gasteiger partial charge in [0.1, 0.15) is 0 Å². The minimum atomic E-state index is -0.152. The molecule has 0 saturated carbocycles. The molecule has 0 bridgehead atoms. The van der Waals surface area contributed by atoms with E-state index in [4.69, 9.17) is 11.1 Å². The number of nitrogens with two attached hydrogens (primary N) is 1. The number of nitrogens with zero attached hydrogens (tertiary/aromatic N) is 1. The molecule has 1 aromatic rings. The molecule has 4 N–H and O–H groups in total. The van der Waals surface area contributed by atoms with E-state index in [1.54, 1.807) is 0 Å². The predicted molar refractivity (Wildman–Crippen MR) is 88.9 cm³/mol. The van der Waals surface area contributed by atoms with E-state index >= 15 is 0 Å². The van der Waals surface area contributed by atoms with Crippen LogP contribution in [-0.4, -0.2) is 31.8 Å². The Kier molecular flexibility index (Phi) is 3.98. The van der Waals surface area contributed by atoms with Gasteiger partial charge in [-0.05, 0) is 50.0 Å². The van der Waals surface area contributed by atoms with Crippen LogP contribution in [0.3, 0.4) is 0 Å². The molecule has 2 aliphatic rings. The Bertz CT molecular complexity index is 600. The van der Waals surface area contributed by atoms with Crippen molar-refractivity contribution in [2.75, 3.05) is 24.5 Å². The van der Waals surface area contributed by atoms with Crippen LogP contribution in [0.15, 0.2) is 30.5 Å². The van der Waals surface area contributed by atoms with Gasteiger partial charge in [0.15, 0.2) is 0 Å². The summed E-state index contributed by atoms with van der Waals surface area (Å²) in [6, 6.07) is 7.72. The quantitative estimate of drug-likeness (QED) is 0.743. The molecule has 116 valence electrons. The molecule has 2 fully saturated rings. The third-order valence-corrected chi connectivity index (χ3v) is 4.92. The van der Waals surface area contributed by atoms with Gasteiger partial charge >= 0.3 is 0 Å². The van der Waals surface area contributed by atoms with Crippen LogP contribution in [0.5, 0.6) is 0 Å². The van der Waals surface area contributed by atoms with Gasteiger partial charge < -0.3 is 21.4 Å². The van der Waals surface area contributed by atoms with Crippen molar-refractivity contribution in [3.05, 3.63) is 36.0 Å². The Balaban J connectivity index is 1.80. The maximum Gasteiger partial charge on any atom is 0.233 e. The first-order chi connectivity index (χ1) is 10.7. The number of allylic oxidation sites excluding steroid dienone is 1. The normalized spacial score (nSPS) is 21.4. The van der Waals surface area contributed by atoms with Gasteiger partial charge in [-0.3, -0.25) is 4.79 Å². The van der Waals surface area contributed by atoms with Crippen LogP contribution < -0.4 is 16.0 Å². The summed E-state index contributed by atoms with van der Waals surface area (Å²) in [6.07, 6.45) is 5.49. The first-order valence-electron chi connectivity index (χ1n) is 7.76. The predicted octanol–water partition coefficient (Wildman–Crippen LogP) is 1.74. The molecule has 5 nitrogen and oxygen atoms in total. The fourth-order valence-electron chi connectivity index (χ4n) is 3.50. The zero-order valence-corrected chi connectivity index (χ0v) is 12.6. The van der Waals surface area contributed by atoms with E-state index in [1.807, 2.05) is 29.2 Å². The number of hydrogen-bond donors (Lipinski definition) is 3. The Morgan fingerprint density at radius 3 is 2.50 bits per heavy atom. The van der Waals surface area contributed by atoms with Crippen LogP contribution in [0, 0.1) is 10.8 Å². The summed E-state index contributed by atoms with van der Waals surface area (Å²) < 4.78 is 0. The van der Waals surface area contributed by atoms with Crippen LogP contribution in [0.25, 0.3) is 5.57 Å². The minimum absolute atomic E-state index is 0.152. The van der Waals surface area contributed by atoms with Crippen LogP contribution in [0.4, 0.5) is 5.69 Å². The number of benzene rings is 1. The Morgan fingerprint density at radius 1 is 1.23 bits per heavy atom. The van der Waals surface area contributed by atoms with Gasteiger partial charge in [-0.15, -0.1) is 0 Å². The molecule has 0 atom stereocenters. The standard InChI is InChI=1S/C17H22N4O/c18-11-14(12-19)13-1-3-15(4-2-13)21-10-7-17(16(21)22)5-8-20-9-6-17/h1-4,11-12,18,20H,5-10,19H2/b14-12+,18-11?. The highest BCUT2D eigenvalue weighted by Gasteiger charge is 2.47. The van der Waals surface area contributed by atoms with Crippen molar-refractivity contribution >= 4 is 23.4 Å². The molecule has 0 aromatic heterocycles. The monoisotopic (exact) mass is 298 g/mol. The van der Waals surface area contributed by atoms with Crippen LogP contribution in [0.1, 0.15) is 24.8 Å². The third-order valence-electron chi connectivity index (χ3n) is 4.92. The van der Waals surface area contributed by atoms with E-state index in [1.165, 1.54) is 12.4 Å². The molecular formula is C17H22N4O. The van der Waals surface area contributed by atoms with Crippen molar-refractivity contribution in [3.63, 3.8) is 0 Å². The summed E-state index contributed by atoms with van der Waals surface area (Å²) in [7, 11) is 0. The van der Waals surface area contributed by atoms with E-state index in [2.05, 4.69) is 5.32 Å². The zero-order chi connectivity index (χ0) is 15.6. The first kappa shape index (κ1) is 14.8. The molecule has 22 heavy (non-hydrogen) atoms. The average Bonchev–Trinajstić information content (AvgIpc) is 2.87. The summed E-state index contributed by atoms with van der Waals surface area (Å²) >= 11 is 0. The molecule has 1 aromatic carbocycles. The average molecular weight is 298 g/mol. The van der Waals surface area contributed by atoms with Crippen molar-refractivity contribution in [2.24, 2.45) is 11.1 Å². The zero-order valence-electron chi connectivity index (χ0n) is 12.6. The van der Waals surface area contributed by atoms with Crippen molar-refractivity contribution in [1.82, 2.24) is 5.32 Å². The molecule has 5 heteroatoms. The number of carbonyl (C=O) groups excluding carboxylic acids is 1. The number of amides is 1. The largest absolute Gasteiger partial charge is 0.404 e. The first-order valence-corrected chi connectivity index (χ1v) is 7.76. The number of rotatable bonds is 3. The summed E-state index contributed by atoms with van der Waals surface area (Å²) in [5.74, 6) is 0.267. The van der Waals surface area contributed by atoms with Gasteiger partial charge in [-0.1, -0.05) is 12.1 Å². The number of piperidine rings is 1. The van der Waals surface area contributed by atoms with Gasteiger partial charge in [0.2, 0.25) is 5.91 Å². The van der Waals surface area contributed by atoms with E-state index in [0.717, 1.165) is 50.1 Å².